The maximum atomic E-state index is 12.5. The van der Waals surface area contributed by atoms with Crippen molar-refractivity contribution in [2.24, 2.45) is 0 Å². The zero-order valence-corrected chi connectivity index (χ0v) is 12.4. The van der Waals surface area contributed by atoms with E-state index in [1.54, 1.807) is 13.2 Å². The second-order valence-electron chi connectivity index (χ2n) is 5.59. The van der Waals surface area contributed by atoms with E-state index in [4.69, 9.17) is 10.5 Å². The normalized spacial score (nSPS) is 16.7. The van der Waals surface area contributed by atoms with Gasteiger partial charge in [-0.2, -0.15) is 0 Å². The second kappa shape index (κ2) is 6.22. The van der Waals surface area contributed by atoms with Gasteiger partial charge in [-0.3, -0.25) is 4.79 Å². The van der Waals surface area contributed by atoms with Crippen LogP contribution in [-0.2, 0) is 4.74 Å². The number of likely N-dealkylation sites (tertiary alicyclic amines) is 1. The third-order valence-electron chi connectivity index (χ3n) is 3.77. The SMILES string of the molecule is COC1CCN(C(=O)c2cc(N)nc(C(C)C)c2)CC1. The molecular weight excluding hydrogens is 254 g/mol. The summed E-state index contributed by atoms with van der Waals surface area (Å²) in [6.07, 6.45) is 2.05. The van der Waals surface area contributed by atoms with Gasteiger partial charge in [0.15, 0.2) is 0 Å². The predicted octanol–water partition coefficient (Wildman–Crippen LogP) is 2.04. The van der Waals surface area contributed by atoms with Gasteiger partial charge in [0.05, 0.1) is 6.10 Å². The molecule has 0 saturated carbocycles. The molecule has 0 aromatic carbocycles. The fourth-order valence-corrected chi connectivity index (χ4v) is 2.47. The number of amides is 1. The molecule has 1 aromatic rings. The number of carbonyl (C=O) groups excluding carboxylic acids is 1. The van der Waals surface area contributed by atoms with Crippen LogP contribution in [0.3, 0.4) is 0 Å². The van der Waals surface area contributed by atoms with E-state index in [0.29, 0.717) is 11.4 Å². The molecule has 5 heteroatoms. The first-order valence-corrected chi connectivity index (χ1v) is 7.10. The standard InChI is InChI=1S/C15H23N3O2/c1-10(2)13-8-11(9-14(16)17-13)15(19)18-6-4-12(20-3)5-7-18/h8-10,12H,4-7H2,1-3H3,(H2,16,17). The monoisotopic (exact) mass is 277 g/mol. The molecule has 0 radical (unpaired) electrons. The number of nitrogens with zero attached hydrogens (tertiary/aromatic N) is 2. The van der Waals surface area contributed by atoms with E-state index in [2.05, 4.69) is 4.98 Å². The van der Waals surface area contributed by atoms with E-state index in [1.807, 2.05) is 24.8 Å². The van der Waals surface area contributed by atoms with Gasteiger partial charge >= 0.3 is 0 Å². The van der Waals surface area contributed by atoms with Crippen molar-refractivity contribution < 1.29 is 9.53 Å². The predicted molar refractivity (Wildman–Crippen MR) is 78.7 cm³/mol. The maximum absolute atomic E-state index is 12.5. The number of hydrogen-bond acceptors (Lipinski definition) is 4. The Morgan fingerprint density at radius 2 is 2.05 bits per heavy atom. The summed E-state index contributed by atoms with van der Waals surface area (Å²) in [4.78, 5) is 18.7. The lowest BCUT2D eigenvalue weighted by molar-refractivity contribution is 0.0350. The average molecular weight is 277 g/mol. The molecule has 1 aliphatic heterocycles. The van der Waals surface area contributed by atoms with Crippen molar-refractivity contribution in [3.05, 3.63) is 23.4 Å². The Hall–Kier alpha value is -1.62. The Kier molecular flexibility index (Phi) is 4.60. The van der Waals surface area contributed by atoms with Crippen molar-refractivity contribution in [3.8, 4) is 0 Å². The fraction of sp³-hybridized carbons (Fsp3) is 0.600. The highest BCUT2D eigenvalue weighted by molar-refractivity contribution is 5.95. The van der Waals surface area contributed by atoms with Gasteiger partial charge in [0.1, 0.15) is 5.82 Å². The molecule has 110 valence electrons. The molecule has 2 N–H and O–H groups in total. The molecule has 1 aromatic heterocycles. The molecule has 0 unspecified atom stereocenters. The minimum Gasteiger partial charge on any atom is -0.384 e. The molecule has 2 rings (SSSR count). The summed E-state index contributed by atoms with van der Waals surface area (Å²) in [7, 11) is 1.72. The first kappa shape index (κ1) is 14.8. The lowest BCUT2D eigenvalue weighted by Gasteiger charge is -2.31. The third kappa shape index (κ3) is 3.28. The van der Waals surface area contributed by atoms with Crippen LogP contribution >= 0.6 is 0 Å². The van der Waals surface area contributed by atoms with E-state index in [9.17, 15) is 4.79 Å². The number of nitrogen functional groups attached to an aromatic ring is 1. The summed E-state index contributed by atoms with van der Waals surface area (Å²) in [5.41, 5.74) is 7.30. The van der Waals surface area contributed by atoms with Crippen molar-refractivity contribution in [2.75, 3.05) is 25.9 Å². The van der Waals surface area contributed by atoms with Crippen molar-refractivity contribution in [3.63, 3.8) is 0 Å². The third-order valence-corrected chi connectivity index (χ3v) is 3.77. The highest BCUT2D eigenvalue weighted by Gasteiger charge is 2.24. The zero-order valence-electron chi connectivity index (χ0n) is 12.4. The van der Waals surface area contributed by atoms with Gasteiger partial charge < -0.3 is 15.4 Å². The molecule has 1 aliphatic rings. The van der Waals surface area contributed by atoms with E-state index >= 15 is 0 Å². The van der Waals surface area contributed by atoms with Crippen LogP contribution in [0, 0.1) is 0 Å². The van der Waals surface area contributed by atoms with Gasteiger partial charge in [0.2, 0.25) is 0 Å². The lowest BCUT2D eigenvalue weighted by Crippen LogP contribution is -2.40. The minimum absolute atomic E-state index is 0.0375. The molecule has 0 bridgehead atoms. The maximum Gasteiger partial charge on any atom is 0.254 e. The molecule has 2 heterocycles. The van der Waals surface area contributed by atoms with Crippen LogP contribution in [0.4, 0.5) is 5.82 Å². The van der Waals surface area contributed by atoms with Gasteiger partial charge in [-0.05, 0) is 30.9 Å². The summed E-state index contributed by atoms with van der Waals surface area (Å²) >= 11 is 0. The van der Waals surface area contributed by atoms with Crippen molar-refractivity contribution >= 4 is 11.7 Å². The van der Waals surface area contributed by atoms with Crippen LogP contribution in [0.1, 0.15) is 48.7 Å². The first-order valence-electron chi connectivity index (χ1n) is 7.10. The molecule has 20 heavy (non-hydrogen) atoms. The highest BCUT2D eigenvalue weighted by atomic mass is 16.5. The van der Waals surface area contributed by atoms with Gasteiger partial charge in [-0.1, -0.05) is 13.8 Å². The molecule has 1 saturated heterocycles. The number of methoxy groups -OCH3 is 1. The number of rotatable bonds is 3. The average Bonchev–Trinajstić information content (AvgIpc) is 2.46. The molecular formula is C15H23N3O2. The van der Waals surface area contributed by atoms with Gasteiger partial charge in [0.25, 0.3) is 5.91 Å². The highest BCUT2D eigenvalue weighted by Crippen LogP contribution is 2.20. The van der Waals surface area contributed by atoms with E-state index in [1.165, 1.54) is 0 Å². The molecule has 5 nitrogen and oxygen atoms in total. The summed E-state index contributed by atoms with van der Waals surface area (Å²) in [5, 5.41) is 0. The first-order chi connectivity index (χ1) is 9.51. The molecule has 1 fully saturated rings. The minimum atomic E-state index is 0.0375. The smallest absolute Gasteiger partial charge is 0.254 e. The van der Waals surface area contributed by atoms with Crippen molar-refractivity contribution in [1.29, 1.82) is 0 Å². The van der Waals surface area contributed by atoms with Crippen molar-refractivity contribution in [2.45, 2.75) is 38.7 Å². The molecule has 1 amide bonds. The molecule has 0 spiro atoms. The topological polar surface area (TPSA) is 68.5 Å². The largest absolute Gasteiger partial charge is 0.384 e. The Morgan fingerprint density at radius 3 is 2.60 bits per heavy atom. The number of aromatic nitrogens is 1. The van der Waals surface area contributed by atoms with Gasteiger partial charge in [0, 0.05) is 31.5 Å². The summed E-state index contributed by atoms with van der Waals surface area (Å²) in [6, 6.07) is 3.52. The molecule has 0 aliphatic carbocycles. The van der Waals surface area contributed by atoms with Crippen LogP contribution < -0.4 is 5.73 Å². The van der Waals surface area contributed by atoms with E-state index in [-0.39, 0.29) is 17.9 Å². The Morgan fingerprint density at radius 1 is 1.40 bits per heavy atom. The fourth-order valence-electron chi connectivity index (χ4n) is 2.47. The number of ether oxygens (including phenoxy) is 1. The van der Waals surface area contributed by atoms with Crippen LogP contribution in [0.2, 0.25) is 0 Å². The number of anilines is 1. The van der Waals surface area contributed by atoms with E-state index in [0.717, 1.165) is 31.6 Å². The quantitative estimate of drug-likeness (QED) is 0.918. The number of pyridine rings is 1. The van der Waals surface area contributed by atoms with Gasteiger partial charge in [-0.15, -0.1) is 0 Å². The summed E-state index contributed by atoms with van der Waals surface area (Å²) < 4.78 is 5.33. The summed E-state index contributed by atoms with van der Waals surface area (Å²) in [5.74, 6) is 0.700. The Labute approximate surface area is 120 Å². The number of nitrogens with two attached hydrogens (primary N) is 1. The second-order valence-corrected chi connectivity index (χ2v) is 5.59. The number of piperidine rings is 1. The van der Waals surface area contributed by atoms with Crippen molar-refractivity contribution in [1.82, 2.24) is 9.88 Å². The number of carbonyl (C=O) groups is 1. The van der Waals surface area contributed by atoms with E-state index < -0.39 is 0 Å². The summed E-state index contributed by atoms with van der Waals surface area (Å²) in [6.45, 7) is 5.55. The van der Waals surface area contributed by atoms with Gasteiger partial charge in [-0.25, -0.2) is 4.98 Å². The Bertz CT molecular complexity index is 480. The van der Waals surface area contributed by atoms with Crippen LogP contribution in [0.15, 0.2) is 12.1 Å². The molecule has 0 atom stereocenters. The number of hydrogen-bond donors (Lipinski definition) is 1. The van der Waals surface area contributed by atoms with Crippen LogP contribution in [0.5, 0.6) is 0 Å². The zero-order chi connectivity index (χ0) is 14.7. The van der Waals surface area contributed by atoms with Crippen LogP contribution in [0.25, 0.3) is 0 Å². The van der Waals surface area contributed by atoms with Crippen LogP contribution in [-0.4, -0.2) is 42.1 Å². The lowest BCUT2D eigenvalue weighted by atomic mass is 10.0. The Balaban J connectivity index is 2.13.